The summed E-state index contributed by atoms with van der Waals surface area (Å²) < 4.78 is 1.44. The van der Waals surface area contributed by atoms with E-state index in [1.54, 1.807) is 0 Å². The van der Waals surface area contributed by atoms with Crippen LogP contribution in [0.3, 0.4) is 0 Å². The zero-order chi connectivity index (χ0) is 7.72. The van der Waals surface area contributed by atoms with Crippen LogP contribution in [0.4, 0.5) is 0 Å². The summed E-state index contributed by atoms with van der Waals surface area (Å²) in [6.07, 6.45) is 0. The molecule has 0 atom stereocenters. The van der Waals surface area contributed by atoms with Gasteiger partial charge in [-0.2, -0.15) is 0 Å². The Bertz CT molecular complexity index is 235. The van der Waals surface area contributed by atoms with Crippen molar-refractivity contribution in [2.45, 2.75) is 6.92 Å². The lowest BCUT2D eigenvalue weighted by molar-refractivity contribution is 0.468. The molecule has 0 aliphatic rings. The fraction of sp³-hybridized carbons (Fsp3) is 0.143. The summed E-state index contributed by atoms with van der Waals surface area (Å²) in [4.78, 5) is 0. The zero-order valence-corrected chi connectivity index (χ0v) is 8.53. The lowest BCUT2D eigenvalue weighted by Crippen LogP contribution is -1.75. The summed E-state index contributed by atoms with van der Waals surface area (Å²) in [5, 5.41) is 9.24. The van der Waals surface area contributed by atoms with Crippen LogP contribution in [0.25, 0.3) is 0 Å². The highest BCUT2D eigenvalue weighted by Crippen LogP contribution is 2.32. The molecule has 0 aliphatic carbocycles. The first-order chi connectivity index (χ1) is 4.61. The molecular weight excluding hydrogens is 260 g/mol. The maximum atomic E-state index is 9.24. The summed E-state index contributed by atoms with van der Waals surface area (Å²) in [6, 6.07) is 3.72. The average molecular weight is 266 g/mol. The van der Waals surface area contributed by atoms with Crippen molar-refractivity contribution in [2.24, 2.45) is 0 Å². The number of hydrogen-bond donors (Lipinski definition) is 1. The highest BCUT2D eigenvalue weighted by atomic mass is 79.9. The van der Waals surface area contributed by atoms with Crippen molar-refractivity contribution < 1.29 is 5.11 Å². The molecule has 1 aromatic rings. The van der Waals surface area contributed by atoms with E-state index < -0.39 is 0 Å². The van der Waals surface area contributed by atoms with Gasteiger partial charge in [-0.1, -0.05) is 0 Å². The fourth-order valence-corrected chi connectivity index (χ4v) is 2.11. The van der Waals surface area contributed by atoms with Crippen molar-refractivity contribution in [1.29, 1.82) is 0 Å². The van der Waals surface area contributed by atoms with E-state index in [0.29, 0.717) is 0 Å². The number of halogens is 2. The van der Waals surface area contributed by atoms with E-state index in [1.165, 1.54) is 0 Å². The molecule has 10 heavy (non-hydrogen) atoms. The third-order valence-electron chi connectivity index (χ3n) is 1.16. The number of aryl methyl sites for hydroxylation is 1. The molecular formula is C7H6Br2O. The number of hydrogen-bond acceptors (Lipinski definition) is 1. The molecule has 0 aromatic heterocycles. The van der Waals surface area contributed by atoms with Crippen molar-refractivity contribution in [1.82, 2.24) is 0 Å². The van der Waals surface area contributed by atoms with Gasteiger partial charge in [-0.25, -0.2) is 0 Å². The van der Waals surface area contributed by atoms with Gasteiger partial charge in [0.15, 0.2) is 0 Å². The van der Waals surface area contributed by atoms with Gasteiger partial charge in [0.25, 0.3) is 0 Å². The molecule has 1 N–H and O–H groups in total. The second-order valence-corrected chi connectivity index (χ2v) is 3.79. The Morgan fingerprint density at radius 3 is 2.00 bits per heavy atom. The molecule has 0 radical (unpaired) electrons. The molecule has 0 saturated carbocycles. The maximum absolute atomic E-state index is 9.24. The van der Waals surface area contributed by atoms with Crippen molar-refractivity contribution in [2.75, 3.05) is 0 Å². The van der Waals surface area contributed by atoms with E-state index >= 15 is 0 Å². The predicted octanol–water partition coefficient (Wildman–Crippen LogP) is 3.23. The van der Waals surface area contributed by atoms with Crippen LogP contribution in [0.1, 0.15) is 5.56 Å². The van der Waals surface area contributed by atoms with E-state index in [0.717, 1.165) is 14.5 Å². The SMILES string of the molecule is Cc1cc(Br)c(O)c(Br)c1. The molecule has 0 aliphatic heterocycles. The Morgan fingerprint density at radius 2 is 1.60 bits per heavy atom. The number of phenolic OH excluding ortho intramolecular Hbond substituents is 1. The normalized spacial score (nSPS) is 9.90. The monoisotopic (exact) mass is 264 g/mol. The largest absolute Gasteiger partial charge is 0.506 e. The lowest BCUT2D eigenvalue weighted by Gasteiger charge is -2.00. The van der Waals surface area contributed by atoms with Crippen LogP contribution >= 0.6 is 31.9 Å². The molecule has 54 valence electrons. The highest BCUT2D eigenvalue weighted by Gasteiger charge is 2.02. The van der Waals surface area contributed by atoms with Gasteiger partial charge in [-0.05, 0) is 56.5 Å². The molecule has 0 saturated heterocycles. The van der Waals surface area contributed by atoms with Gasteiger partial charge < -0.3 is 5.11 Å². The van der Waals surface area contributed by atoms with Crippen LogP contribution in [0.5, 0.6) is 5.75 Å². The maximum Gasteiger partial charge on any atom is 0.143 e. The van der Waals surface area contributed by atoms with Crippen LogP contribution in [0, 0.1) is 6.92 Å². The quantitative estimate of drug-likeness (QED) is 0.764. The Kier molecular flexibility index (Phi) is 2.36. The van der Waals surface area contributed by atoms with Gasteiger partial charge in [-0.3, -0.25) is 0 Å². The Hall–Kier alpha value is -0.0200. The minimum Gasteiger partial charge on any atom is -0.506 e. The van der Waals surface area contributed by atoms with Crippen LogP contribution in [-0.2, 0) is 0 Å². The molecule has 3 heteroatoms. The minimum atomic E-state index is 0.255. The number of benzene rings is 1. The molecule has 0 bridgehead atoms. The first-order valence-corrected chi connectivity index (χ1v) is 4.34. The molecule has 0 amide bonds. The van der Waals surface area contributed by atoms with Gasteiger partial charge in [0.05, 0.1) is 8.95 Å². The molecule has 0 heterocycles. The number of rotatable bonds is 0. The summed E-state index contributed by atoms with van der Waals surface area (Å²) >= 11 is 6.43. The lowest BCUT2D eigenvalue weighted by atomic mass is 10.2. The van der Waals surface area contributed by atoms with Crippen molar-refractivity contribution in [3.05, 3.63) is 26.6 Å². The number of phenols is 1. The van der Waals surface area contributed by atoms with Crippen LogP contribution in [-0.4, -0.2) is 5.11 Å². The predicted molar refractivity (Wildman–Crippen MR) is 48.2 cm³/mol. The zero-order valence-electron chi connectivity index (χ0n) is 5.36. The van der Waals surface area contributed by atoms with Crippen LogP contribution in [0.15, 0.2) is 21.1 Å². The van der Waals surface area contributed by atoms with Gasteiger partial charge in [0.1, 0.15) is 5.75 Å². The molecule has 0 fully saturated rings. The van der Waals surface area contributed by atoms with E-state index in [4.69, 9.17) is 0 Å². The topological polar surface area (TPSA) is 20.2 Å². The van der Waals surface area contributed by atoms with E-state index in [1.807, 2.05) is 19.1 Å². The first-order valence-electron chi connectivity index (χ1n) is 2.76. The van der Waals surface area contributed by atoms with E-state index in [2.05, 4.69) is 31.9 Å². The van der Waals surface area contributed by atoms with Gasteiger partial charge >= 0.3 is 0 Å². The smallest absolute Gasteiger partial charge is 0.143 e. The molecule has 1 nitrogen and oxygen atoms in total. The van der Waals surface area contributed by atoms with Crippen molar-refractivity contribution >= 4 is 31.9 Å². The van der Waals surface area contributed by atoms with Crippen LogP contribution in [0.2, 0.25) is 0 Å². The standard InChI is InChI=1S/C7H6Br2O/c1-4-2-5(8)7(10)6(9)3-4/h2-3,10H,1H3. The molecule has 1 rings (SSSR count). The summed E-state index contributed by atoms with van der Waals surface area (Å²) in [5.74, 6) is 0.255. The summed E-state index contributed by atoms with van der Waals surface area (Å²) in [5.41, 5.74) is 1.11. The minimum absolute atomic E-state index is 0.255. The fourth-order valence-electron chi connectivity index (χ4n) is 0.692. The average Bonchev–Trinajstić information content (AvgIpc) is 1.82. The van der Waals surface area contributed by atoms with Crippen molar-refractivity contribution in [3.63, 3.8) is 0 Å². The summed E-state index contributed by atoms with van der Waals surface area (Å²) in [6.45, 7) is 1.97. The first kappa shape index (κ1) is 8.08. The van der Waals surface area contributed by atoms with Gasteiger partial charge in [0, 0.05) is 0 Å². The highest BCUT2D eigenvalue weighted by molar-refractivity contribution is 9.11. The van der Waals surface area contributed by atoms with E-state index in [-0.39, 0.29) is 5.75 Å². The Morgan fingerprint density at radius 1 is 1.20 bits per heavy atom. The van der Waals surface area contributed by atoms with E-state index in [9.17, 15) is 5.11 Å². The third-order valence-corrected chi connectivity index (χ3v) is 2.37. The van der Waals surface area contributed by atoms with Gasteiger partial charge in [-0.15, -0.1) is 0 Å². The van der Waals surface area contributed by atoms with Gasteiger partial charge in [0.2, 0.25) is 0 Å². The summed E-state index contributed by atoms with van der Waals surface area (Å²) in [7, 11) is 0. The molecule has 0 unspecified atom stereocenters. The molecule has 1 aromatic carbocycles. The van der Waals surface area contributed by atoms with Crippen LogP contribution < -0.4 is 0 Å². The molecule has 0 spiro atoms. The number of aromatic hydroxyl groups is 1. The second kappa shape index (κ2) is 2.93. The third kappa shape index (κ3) is 1.52. The second-order valence-electron chi connectivity index (χ2n) is 2.08. The Balaban J connectivity index is 3.31. The Labute approximate surface area is 76.3 Å². The van der Waals surface area contributed by atoms with Crippen molar-refractivity contribution in [3.8, 4) is 5.75 Å².